The van der Waals surface area contributed by atoms with Crippen molar-refractivity contribution in [2.45, 2.75) is 6.92 Å². The van der Waals surface area contributed by atoms with Gasteiger partial charge in [0.2, 0.25) is 0 Å². The van der Waals surface area contributed by atoms with Crippen molar-refractivity contribution in [2.24, 2.45) is 0 Å². The summed E-state index contributed by atoms with van der Waals surface area (Å²) < 4.78 is 3.58. The molecular weight excluding hydrogens is 147 g/mol. The van der Waals surface area contributed by atoms with E-state index in [0.29, 0.717) is 0 Å². The van der Waals surface area contributed by atoms with Crippen LogP contribution >= 0.6 is 0 Å². The molecule has 0 radical (unpaired) electrons. The average molecular weight is 152 g/mol. The number of esters is 1. The van der Waals surface area contributed by atoms with Gasteiger partial charge in [0, 0.05) is 5.57 Å². The van der Waals surface area contributed by atoms with E-state index in [2.05, 4.69) is 11.3 Å². The molecule has 10 heavy (non-hydrogen) atoms. The summed E-state index contributed by atoms with van der Waals surface area (Å²) in [5.74, 6) is -0.977. The zero-order chi connectivity index (χ0) is 7.44. The molecule has 0 aromatic heterocycles. The van der Waals surface area contributed by atoms with E-state index in [0.717, 1.165) is 0 Å². The predicted octanol–water partition coefficient (Wildman–Crippen LogP) is -3.55. The third-order valence-electron chi connectivity index (χ3n) is 0.524. The Kier molecular flexibility index (Phi) is 6.76. The maximum atomic E-state index is 10.2. The molecule has 0 amide bonds. The summed E-state index contributed by atoms with van der Waals surface area (Å²) in [7, 11) is 0. The van der Waals surface area contributed by atoms with E-state index < -0.39 is 12.1 Å². The van der Waals surface area contributed by atoms with Gasteiger partial charge >= 0.3 is 29.6 Å². The van der Waals surface area contributed by atoms with E-state index >= 15 is 0 Å². The average Bonchev–Trinajstić information content (AvgIpc) is 1.63. The summed E-state index contributed by atoms with van der Waals surface area (Å²) in [6.07, 6.45) is -1.86. The van der Waals surface area contributed by atoms with Crippen LogP contribution in [0.4, 0.5) is 4.79 Å². The van der Waals surface area contributed by atoms with Gasteiger partial charge in [-0.25, -0.2) is 0 Å². The van der Waals surface area contributed by atoms with Crippen LogP contribution in [0.2, 0.25) is 0 Å². The van der Waals surface area contributed by atoms with Gasteiger partial charge in [-0.15, -0.1) is 0 Å². The Labute approximate surface area is 80.2 Å². The van der Waals surface area contributed by atoms with Crippen LogP contribution in [0.3, 0.4) is 0 Å². The minimum atomic E-state index is -1.86. The van der Waals surface area contributed by atoms with Gasteiger partial charge in [-0.05, 0) is 6.92 Å². The van der Waals surface area contributed by atoms with Gasteiger partial charge < -0.3 is 14.6 Å². The molecule has 5 heteroatoms. The van der Waals surface area contributed by atoms with Crippen molar-refractivity contribution in [1.82, 2.24) is 0 Å². The topological polar surface area (TPSA) is 66.4 Å². The molecule has 0 aliphatic rings. The standard InChI is InChI=1S/C5H6O4.Na/c1-3(2)4(6)9-5(7)8;/h1H2,2H3,(H,7,8);/q;+1/p-1. The first kappa shape index (κ1) is 12.4. The first-order valence-corrected chi connectivity index (χ1v) is 2.12. The Hall–Kier alpha value is -0.320. The van der Waals surface area contributed by atoms with Gasteiger partial charge in [0.05, 0.1) is 0 Å². The third kappa shape index (κ3) is 5.81. The van der Waals surface area contributed by atoms with Gasteiger partial charge in [-0.3, -0.25) is 4.79 Å². The van der Waals surface area contributed by atoms with Crippen molar-refractivity contribution >= 4 is 12.1 Å². The van der Waals surface area contributed by atoms with Crippen molar-refractivity contribution in [3.8, 4) is 0 Å². The zero-order valence-corrected chi connectivity index (χ0v) is 7.84. The molecule has 50 valence electrons. The number of hydrogen-bond donors (Lipinski definition) is 0. The van der Waals surface area contributed by atoms with Crippen molar-refractivity contribution in [1.29, 1.82) is 0 Å². The van der Waals surface area contributed by atoms with Gasteiger partial charge in [-0.1, -0.05) is 6.58 Å². The first-order chi connectivity index (χ1) is 4.04. The molecule has 0 saturated carbocycles. The van der Waals surface area contributed by atoms with Crippen LogP contribution in [0, 0.1) is 0 Å². The maximum Gasteiger partial charge on any atom is 1.00 e. The molecule has 0 bridgehead atoms. The smallest absolute Gasteiger partial charge is 0.480 e. The molecule has 0 aliphatic carbocycles. The molecule has 4 nitrogen and oxygen atoms in total. The van der Waals surface area contributed by atoms with E-state index in [4.69, 9.17) is 0 Å². The summed E-state index contributed by atoms with van der Waals surface area (Å²) in [6, 6.07) is 0. The Morgan fingerprint density at radius 2 is 1.90 bits per heavy atom. The molecule has 0 spiro atoms. The molecule has 0 aliphatic heterocycles. The van der Waals surface area contributed by atoms with E-state index in [9.17, 15) is 14.7 Å². The molecule has 0 atom stereocenters. The normalized spacial score (nSPS) is 7.30. The summed E-state index contributed by atoms with van der Waals surface area (Å²) in [5.41, 5.74) is 0.0270. The van der Waals surface area contributed by atoms with Crippen LogP contribution in [0.5, 0.6) is 0 Å². The van der Waals surface area contributed by atoms with Crippen LogP contribution in [0.15, 0.2) is 12.2 Å². The van der Waals surface area contributed by atoms with Gasteiger partial charge in [0.1, 0.15) is 0 Å². The van der Waals surface area contributed by atoms with E-state index in [1.165, 1.54) is 6.92 Å². The molecular formula is C5H5NaO4. The van der Waals surface area contributed by atoms with E-state index in [1.54, 1.807) is 0 Å². The van der Waals surface area contributed by atoms with Crippen LogP contribution in [0.1, 0.15) is 6.92 Å². The largest absolute Gasteiger partial charge is 1.00 e. The number of carboxylic acid groups (broad SMARTS) is 1. The van der Waals surface area contributed by atoms with Gasteiger partial charge in [0.15, 0.2) is 0 Å². The number of carbonyl (C=O) groups is 2. The zero-order valence-electron chi connectivity index (χ0n) is 5.84. The van der Waals surface area contributed by atoms with Crippen LogP contribution < -0.4 is 34.7 Å². The molecule has 0 fully saturated rings. The van der Waals surface area contributed by atoms with E-state index in [-0.39, 0.29) is 35.1 Å². The molecule has 0 heterocycles. The number of ether oxygens (including phenoxy) is 1. The van der Waals surface area contributed by atoms with Crippen LogP contribution in [-0.4, -0.2) is 12.1 Å². The van der Waals surface area contributed by atoms with Crippen LogP contribution in [-0.2, 0) is 9.53 Å². The summed E-state index contributed by atoms with van der Waals surface area (Å²) in [4.78, 5) is 19.7. The first-order valence-electron chi connectivity index (χ1n) is 2.12. The SMILES string of the molecule is C=C(C)C(=O)OC(=O)[O-].[Na+]. The minimum Gasteiger partial charge on any atom is -0.480 e. The quantitative estimate of drug-likeness (QED) is 0.169. The Morgan fingerprint density at radius 1 is 1.50 bits per heavy atom. The van der Waals surface area contributed by atoms with Crippen molar-refractivity contribution in [3.63, 3.8) is 0 Å². The van der Waals surface area contributed by atoms with Gasteiger partial charge in [0.25, 0.3) is 12.1 Å². The molecule has 0 rings (SSSR count). The monoisotopic (exact) mass is 152 g/mol. The van der Waals surface area contributed by atoms with Crippen molar-refractivity contribution in [2.75, 3.05) is 0 Å². The molecule has 0 aromatic rings. The Bertz CT molecular complexity index is 163. The molecule has 0 saturated heterocycles. The Morgan fingerprint density at radius 3 is 2.00 bits per heavy atom. The third-order valence-corrected chi connectivity index (χ3v) is 0.524. The van der Waals surface area contributed by atoms with Gasteiger partial charge in [-0.2, -0.15) is 0 Å². The minimum absolute atomic E-state index is 0. The summed E-state index contributed by atoms with van der Waals surface area (Å²) >= 11 is 0. The number of carbonyl (C=O) groups excluding carboxylic acids is 2. The van der Waals surface area contributed by atoms with Crippen molar-refractivity contribution < 1.29 is 49.0 Å². The summed E-state index contributed by atoms with van der Waals surface area (Å²) in [6.45, 7) is 4.48. The Balaban J connectivity index is 0. The summed E-state index contributed by atoms with van der Waals surface area (Å²) in [5, 5.41) is 9.52. The predicted molar refractivity (Wildman–Crippen MR) is 26.3 cm³/mol. The number of hydrogen-bond acceptors (Lipinski definition) is 4. The van der Waals surface area contributed by atoms with Crippen molar-refractivity contribution in [3.05, 3.63) is 12.2 Å². The second-order valence-electron chi connectivity index (χ2n) is 1.42. The molecule has 0 N–H and O–H groups in total. The second-order valence-corrected chi connectivity index (χ2v) is 1.42. The fraction of sp³-hybridized carbons (Fsp3) is 0.200. The van der Waals surface area contributed by atoms with Crippen LogP contribution in [0.25, 0.3) is 0 Å². The number of rotatable bonds is 1. The molecule has 0 aromatic carbocycles. The van der Waals surface area contributed by atoms with E-state index in [1.807, 2.05) is 0 Å². The molecule has 0 unspecified atom stereocenters. The second kappa shape index (κ2) is 5.46. The fourth-order valence-electron chi connectivity index (χ4n) is 0.163. The fourth-order valence-corrected chi connectivity index (χ4v) is 0.163. The maximum absolute atomic E-state index is 10.2.